The highest BCUT2D eigenvalue weighted by Crippen LogP contribution is 2.27. The van der Waals surface area contributed by atoms with Crippen LogP contribution >= 0.6 is 0 Å². The van der Waals surface area contributed by atoms with Gasteiger partial charge >= 0.3 is 0 Å². The molecular weight excluding hydrogens is 252 g/mol. The number of benzene rings is 1. The maximum Gasteiger partial charge on any atom is 0.227 e. The molecule has 1 amide bonds. The zero-order valence-electron chi connectivity index (χ0n) is 12.1. The van der Waals surface area contributed by atoms with Gasteiger partial charge in [-0.3, -0.25) is 9.79 Å². The molecule has 0 radical (unpaired) electrons. The Labute approximate surface area is 119 Å². The third kappa shape index (κ3) is 3.73. The average molecular weight is 274 g/mol. The standard InChI is InChI=1S/C15H22N4O/c1-16-15(17-2)18-10-11-5-3-8-13(9-11)19-14(20)12-6-4-7-12/h3,5,8-9,12H,4,6-7,10H2,1-2H3,(H,19,20)(H2,16,17,18). The van der Waals surface area contributed by atoms with Gasteiger partial charge < -0.3 is 16.0 Å². The molecule has 1 aliphatic rings. The fraction of sp³-hybridized carbons (Fsp3) is 0.467. The van der Waals surface area contributed by atoms with Crippen molar-refractivity contribution in [3.05, 3.63) is 29.8 Å². The highest BCUT2D eigenvalue weighted by atomic mass is 16.1. The highest BCUT2D eigenvalue weighted by molar-refractivity contribution is 5.93. The molecule has 0 heterocycles. The minimum Gasteiger partial charge on any atom is -0.359 e. The van der Waals surface area contributed by atoms with Crippen LogP contribution in [0.5, 0.6) is 0 Å². The number of amides is 1. The Morgan fingerprint density at radius 2 is 2.20 bits per heavy atom. The van der Waals surface area contributed by atoms with Crippen LogP contribution in [0.2, 0.25) is 0 Å². The normalized spacial score (nSPS) is 15.4. The molecule has 3 N–H and O–H groups in total. The topological polar surface area (TPSA) is 65.5 Å². The van der Waals surface area contributed by atoms with Crippen molar-refractivity contribution < 1.29 is 4.79 Å². The first kappa shape index (κ1) is 14.4. The first-order valence-corrected chi connectivity index (χ1v) is 7.01. The lowest BCUT2D eigenvalue weighted by Crippen LogP contribution is -2.34. The average Bonchev–Trinajstić information content (AvgIpc) is 2.38. The molecular formula is C15H22N4O. The quantitative estimate of drug-likeness (QED) is 0.578. The van der Waals surface area contributed by atoms with Crippen LogP contribution in [-0.4, -0.2) is 26.0 Å². The first-order chi connectivity index (χ1) is 9.72. The van der Waals surface area contributed by atoms with Crippen LogP contribution in [0.15, 0.2) is 29.3 Å². The molecule has 1 aliphatic carbocycles. The first-order valence-electron chi connectivity index (χ1n) is 7.01. The summed E-state index contributed by atoms with van der Waals surface area (Å²) in [6.45, 7) is 0.667. The number of carbonyl (C=O) groups is 1. The van der Waals surface area contributed by atoms with Crippen LogP contribution < -0.4 is 16.0 Å². The van der Waals surface area contributed by atoms with E-state index in [0.29, 0.717) is 6.54 Å². The maximum absolute atomic E-state index is 11.9. The summed E-state index contributed by atoms with van der Waals surface area (Å²) >= 11 is 0. The van der Waals surface area contributed by atoms with Crippen LogP contribution in [0.25, 0.3) is 0 Å². The summed E-state index contributed by atoms with van der Waals surface area (Å²) < 4.78 is 0. The number of carbonyl (C=O) groups excluding carboxylic acids is 1. The second-order valence-corrected chi connectivity index (χ2v) is 4.99. The van der Waals surface area contributed by atoms with Crippen molar-refractivity contribution in [1.29, 1.82) is 0 Å². The van der Waals surface area contributed by atoms with E-state index in [9.17, 15) is 4.79 Å². The van der Waals surface area contributed by atoms with E-state index >= 15 is 0 Å². The Hall–Kier alpha value is -2.04. The largest absolute Gasteiger partial charge is 0.359 e. The molecule has 1 aromatic carbocycles. The smallest absolute Gasteiger partial charge is 0.227 e. The Morgan fingerprint density at radius 1 is 1.40 bits per heavy atom. The number of guanidine groups is 1. The summed E-state index contributed by atoms with van der Waals surface area (Å²) in [6, 6.07) is 7.89. The van der Waals surface area contributed by atoms with Gasteiger partial charge in [0, 0.05) is 32.2 Å². The zero-order chi connectivity index (χ0) is 14.4. The molecule has 5 nitrogen and oxygen atoms in total. The SMILES string of the molecule is CN=C(NC)NCc1cccc(NC(=O)C2CCC2)c1. The summed E-state index contributed by atoms with van der Waals surface area (Å²) in [5, 5.41) is 9.14. The number of aliphatic imine (C=N–C) groups is 1. The van der Waals surface area contributed by atoms with Crippen molar-refractivity contribution in [2.45, 2.75) is 25.8 Å². The molecule has 0 saturated heterocycles. The predicted molar refractivity (Wildman–Crippen MR) is 81.7 cm³/mol. The molecule has 0 bridgehead atoms. The van der Waals surface area contributed by atoms with E-state index in [4.69, 9.17) is 0 Å². The van der Waals surface area contributed by atoms with Gasteiger partial charge in [0.2, 0.25) is 5.91 Å². The lowest BCUT2D eigenvalue weighted by molar-refractivity contribution is -0.122. The number of hydrogen-bond donors (Lipinski definition) is 3. The van der Waals surface area contributed by atoms with Crippen LogP contribution in [0, 0.1) is 5.92 Å². The molecule has 0 aliphatic heterocycles. The second kappa shape index (κ2) is 6.93. The fourth-order valence-corrected chi connectivity index (χ4v) is 2.14. The number of anilines is 1. The van der Waals surface area contributed by atoms with Gasteiger partial charge in [-0.05, 0) is 30.5 Å². The van der Waals surface area contributed by atoms with E-state index in [1.165, 1.54) is 6.42 Å². The molecule has 108 valence electrons. The summed E-state index contributed by atoms with van der Waals surface area (Å²) in [4.78, 5) is 16.0. The Balaban J connectivity index is 1.91. The van der Waals surface area contributed by atoms with E-state index in [1.807, 2.05) is 31.3 Å². The molecule has 0 atom stereocenters. The third-order valence-corrected chi connectivity index (χ3v) is 3.59. The summed E-state index contributed by atoms with van der Waals surface area (Å²) in [5.74, 6) is 1.10. The lowest BCUT2D eigenvalue weighted by Gasteiger charge is -2.24. The van der Waals surface area contributed by atoms with Gasteiger partial charge in [0.25, 0.3) is 0 Å². The molecule has 2 rings (SSSR count). The zero-order valence-corrected chi connectivity index (χ0v) is 12.1. The second-order valence-electron chi connectivity index (χ2n) is 4.99. The van der Waals surface area contributed by atoms with Crippen LogP contribution in [0.1, 0.15) is 24.8 Å². The van der Waals surface area contributed by atoms with Crippen LogP contribution in [-0.2, 0) is 11.3 Å². The Kier molecular flexibility index (Phi) is 4.98. The van der Waals surface area contributed by atoms with Crippen molar-refractivity contribution in [3.8, 4) is 0 Å². The summed E-state index contributed by atoms with van der Waals surface area (Å²) in [5.41, 5.74) is 1.97. The monoisotopic (exact) mass is 274 g/mol. The van der Waals surface area contributed by atoms with E-state index in [0.717, 1.165) is 30.1 Å². The van der Waals surface area contributed by atoms with E-state index < -0.39 is 0 Å². The van der Waals surface area contributed by atoms with Crippen molar-refractivity contribution in [1.82, 2.24) is 10.6 Å². The Morgan fingerprint density at radius 3 is 2.80 bits per heavy atom. The molecule has 0 aromatic heterocycles. The van der Waals surface area contributed by atoms with E-state index in [2.05, 4.69) is 20.9 Å². The molecule has 20 heavy (non-hydrogen) atoms. The number of nitrogens with one attached hydrogen (secondary N) is 3. The van der Waals surface area contributed by atoms with E-state index in [1.54, 1.807) is 7.05 Å². The van der Waals surface area contributed by atoms with Crippen LogP contribution in [0.3, 0.4) is 0 Å². The lowest BCUT2D eigenvalue weighted by atomic mass is 9.85. The molecule has 0 spiro atoms. The van der Waals surface area contributed by atoms with Gasteiger partial charge in [0.05, 0.1) is 0 Å². The number of nitrogens with zero attached hydrogens (tertiary/aromatic N) is 1. The van der Waals surface area contributed by atoms with Crippen molar-refractivity contribution in [2.24, 2.45) is 10.9 Å². The predicted octanol–water partition coefficient (Wildman–Crippen LogP) is 1.72. The van der Waals surface area contributed by atoms with Crippen molar-refractivity contribution in [3.63, 3.8) is 0 Å². The number of hydrogen-bond acceptors (Lipinski definition) is 2. The minimum absolute atomic E-state index is 0.146. The van der Waals surface area contributed by atoms with Gasteiger partial charge in [-0.2, -0.15) is 0 Å². The summed E-state index contributed by atoms with van der Waals surface area (Å²) in [6.07, 6.45) is 3.21. The molecule has 1 saturated carbocycles. The van der Waals surface area contributed by atoms with Crippen molar-refractivity contribution >= 4 is 17.6 Å². The maximum atomic E-state index is 11.9. The Bertz CT molecular complexity index is 494. The van der Waals surface area contributed by atoms with Gasteiger partial charge in [0.1, 0.15) is 0 Å². The van der Waals surface area contributed by atoms with Gasteiger partial charge in [-0.15, -0.1) is 0 Å². The number of rotatable bonds is 4. The third-order valence-electron chi connectivity index (χ3n) is 3.59. The van der Waals surface area contributed by atoms with Gasteiger partial charge in [-0.1, -0.05) is 18.6 Å². The molecule has 0 unspecified atom stereocenters. The molecule has 1 aromatic rings. The van der Waals surface area contributed by atoms with Gasteiger partial charge in [-0.25, -0.2) is 0 Å². The van der Waals surface area contributed by atoms with Crippen molar-refractivity contribution in [2.75, 3.05) is 19.4 Å². The van der Waals surface area contributed by atoms with E-state index in [-0.39, 0.29) is 11.8 Å². The highest BCUT2D eigenvalue weighted by Gasteiger charge is 2.25. The van der Waals surface area contributed by atoms with Gasteiger partial charge in [0.15, 0.2) is 5.96 Å². The van der Waals surface area contributed by atoms with Crippen LogP contribution in [0.4, 0.5) is 5.69 Å². The fourth-order valence-electron chi connectivity index (χ4n) is 2.14. The molecule has 5 heteroatoms. The minimum atomic E-state index is 0.146. The summed E-state index contributed by atoms with van der Waals surface area (Å²) in [7, 11) is 3.55. The molecule has 1 fully saturated rings.